The zero-order valence-corrected chi connectivity index (χ0v) is 11.4. The minimum atomic E-state index is 0.500. The second kappa shape index (κ2) is 5.55. The van der Waals surface area contributed by atoms with Gasteiger partial charge in [-0.1, -0.05) is 29.8 Å². The van der Waals surface area contributed by atoms with Gasteiger partial charge >= 0.3 is 0 Å². The summed E-state index contributed by atoms with van der Waals surface area (Å²) in [6.45, 7) is 0.500. The molecule has 3 heteroatoms. The van der Waals surface area contributed by atoms with E-state index in [1.807, 2.05) is 48.5 Å². The molecule has 0 fully saturated rings. The lowest BCUT2D eigenvalue weighted by Gasteiger charge is -2.07. The molecule has 0 aliphatic heterocycles. The van der Waals surface area contributed by atoms with Crippen LogP contribution in [-0.2, 0) is 6.61 Å². The van der Waals surface area contributed by atoms with Gasteiger partial charge < -0.3 is 4.74 Å². The Labute approximate surface area is 114 Å². The van der Waals surface area contributed by atoms with Crippen molar-refractivity contribution in [3.8, 4) is 5.75 Å². The van der Waals surface area contributed by atoms with Gasteiger partial charge in [0.1, 0.15) is 12.4 Å². The molecule has 0 amide bonds. The van der Waals surface area contributed by atoms with E-state index in [-0.39, 0.29) is 0 Å². The first-order valence-corrected chi connectivity index (χ1v) is 6.33. The lowest BCUT2D eigenvalue weighted by atomic mass is 10.2. The Morgan fingerprint density at radius 2 is 1.69 bits per heavy atom. The summed E-state index contributed by atoms with van der Waals surface area (Å²) in [5, 5.41) is 0.744. The summed E-state index contributed by atoms with van der Waals surface area (Å²) < 4.78 is 6.84. The van der Waals surface area contributed by atoms with Gasteiger partial charge in [-0.25, -0.2) is 0 Å². The fraction of sp³-hybridized carbons (Fsp3) is 0.0769. The Hall–Kier alpha value is -0.740. The number of hydrogen-bond donors (Lipinski definition) is 0. The van der Waals surface area contributed by atoms with Gasteiger partial charge in [0.2, 0.25) is 0 Å². The summed E-state index contributed by atoms with van der Waals surface area (Å²) in [6, 6.07) is 15.7. The van der Waals surface area contributed by atoms with Gasteiger partial charge in [0, 0.05) is 14.2 Å². The van der Waals surface area contributed by atoms with Crippen molar-refractivity contribution in [1.29, 1.82) is 0 Å². The van der Waals surface area contributed by atoms with Crippen molar-refractivity contribution in [2.24, 2.45) is 0 Å². The summed E-state index contributed by atoms with van der Waals surface area (Å²) in [7, 11) is 0. The number of hydrogen-bond acceptors (Lipinski definition) is 1. The molecule has 0 bridgehead atoms. The maximum absolute atomic E-state index is 6.03. The third-order valence-electron chi connectivity index (χ3n) is 2.17. The molecule has 0 aromatic heterocycles. The lowest BCUT2D eigenvalue weighted by molar-refractivity contribution is 0.306. The Bertz CT molecular complexity index is 468. The van der Waals surface area contributed by atoms with E-state index in [4.69, 9.17) is 16.3 Å². The highest BCUT2D eigenvalue weighted by Crippen LogP contribution is 2.19. The van der Waals surface area contributed by atoms with Gasteiger partial charge in [-0.3, -0.25) is 0 Å². The quantitative estimate of drug-likeness (QED) is 0.744. The molecular weight excluding hydrogens is 334 g/mol. The molecule has 0 saturated carbocycles. The molecule has 0 aliphatic carbocycles. The second-order valence-corrected chi connectivity index (χ2v) is 4.99. The predicted molar refractivity (Wildman–Crippen MR) is 74.9 cm³/mol. The highest BCUT2D eigenvalue weighted by Gasteiger charge is 1.99. The number of halogens is 2. The largest absolute Gasteiger partial charge is 0.489 e. The van der Waals surface area contributed by atoms with Crippen molar-refractivity contribution in [2.75, 3.05) is 0 Å². The van der Waals surface area contributed by atoms with Crippen LogP contribution < -0.4 is 4.74 Å². The SMILES string of the molecule is Clc1ccccc1COc1ccc(I)cc1. The van der Waals surface area contributed by atoms with Crippen molar-refractivity contribution in [3.63, 3.8) is 0 Å². The van der Waals surface area contributed by atoms with Crippen LogP contribution in [0.4, 0.5) is 0 Å². The standard InChI is InChI=1S/C13H10ClIO/c14-13-4-2-1-3-10(13)9-16-12-7-5-11(15)6-8-12/h1-8H,9H2. The van der Waals surface area contributed by atoms with Crippen LogP contribution >= 0.6 is 34.2 Å². The fourth-order valence-corrected chi connectivity index (χ4v) is 1.86. The third-order valence-corrected chi connectivity index (χ3v) is 3.25. The van der Waals surface area contributed by atoms with Gasteiger partial charge in [0.25, 0.3) is 0 Å². The van der Waals surface area contributed by atoms with E-state index in [0.717, 1.165) is 16.3 Å². The van der Waals surface area contributed by atoms with Crippen LogP contribution in [0.3, 0.4) is 0 Å². The van der Waals surface area contributed by atoms with Crippen molar-refractivity contribution in [1.82, 2.24) is 0 Å². The molecule has 0 radical (unpaired) electrons. The molecule has 0 aliphatic rings. The average molecular weight is 345 g/mol. The lowest BCUT2D eigenvalue weighted by Crippen LogP contribution is -1.95. The zero-order valence-electron chi connectivity index (χ0n) is 8.49. The molecule has 16 heavy (non-hydrogen) atoms. The minimum Gasteiger partial charge on any atom is -0.489 e. The van der Waals surface area contributed by atoms with Crippen LogP contribution in [0.1, 0.15) is 5.56 Å². The zero-order chi connectivity index (χ0) is 11.4. The molecule has 1 nitrogen and oxygen atoms in total. The topological polar surface area (TPSA) is 9.23 Å². The molecule has 0 spiro atoms. The molecule has 0 saturated heterocycles. The maximum Gasteiger partial charge on any atom is 0.119 e. The first-order valence-electron chi connectivity index (χ1n) is 4.87. The molecule has 0 unspecified atom stereocenters. The number of ether oxygens (including phenoxy) is 1. The van der Waals surface area contributed by atoms with Gasteiger partial charge in [-0.15, -0.1) is 0 Å². The smallest absolute Gasteiger partial charge is 0.119 e. The van der Waals surface area contributed by atoms with Crippen LogP contribution in [0.2, 0.25) is 5.02 Å². The number of benzene rings is 2. The van der Waals surface area contributed by atoms with Crippen molar-refractivity contribution >= 4 is 34.2 Å². The van der Waals surface area contributed by atoms with Crippen molar-refractivity contribution in [2.45, 2.75) is 6.61 Å². The number of rotatable bonds is 3. The average Bonchev–Trinajstić information content (AvgIpc) is 2.30. The highest BCUT2D eigenvalue weighted by atomic mass is 127. The van der Waals surface area contributed by atoms with Gasteiger partial charge in [-0.05, 0) is 52.9 Å². The van der Waals surface area contributed by atoms with Crippen LogP contribution in [0.15, 0.2) is 48.5 Å². The molecule has 82 valence electrons. The van der Waals surface area contributed by atoms with Gasteiger partial charge in [0.05, 0.1) is 0 Å². The fourth-order valence-electron chi connectivity index (χ4n) is 1.31. The molecule has 2 aromatic carbocycles. The summed E-state index contributed by atoms with van der Waals surface area (Å²) >= 11 is 8.30. The molecular formula is C13H10ClIO. The van der Waals surface area contributed by atoms with E-state index in [0.29, 0.717) is 6.61 Å². The Kier molecular flexibility index (Phi) is 4.07. The molecule has 0 heterocycles. The van der Waals surface area contributed by atoms with E-state index in [1.165, 1.54) is 3.57 Å². The van der Waals surface area contributed by atoms with Gasteiger partial charge in [0.15, 0.2) is 0 Å². The first-order chi connectivity index (χ1) is 7.75. The molecule has 2 rings (SSSR count). The van der Waals surface area contributed by atoms with E-state index in [9.17, 15) is 0 Å². The Morgan fingerprint density at radius 3 is 2.38 bits per heavy atom. The summed E-state index contributed by atoms with van der Waals surface area (Å²) in [5.74, 6) is 0.861. The van der Waals surface area contributed by atoms with Crippen LogP contribution in [0.25, 0.3) is 0 Å². The Balaban J connectivity index is 2.02. The second-order valence-electron chi connectivity index (χ2n) is 3.33. The first kappa shape index (κ1) is 11.7. The highest BCUT2D eigenvalue weighted by molar-refractivity contribution is 14.1. The van der Waals surface area contributed by atoms with Crippen LogP contribution in [0, 0.1) is 3.57 Å². The van der Waals surface area contributed by atoms with E-state index in [1.54, 1.807) is 0 Å². The monoisotopic (exact) mass is 344 g/mol. The van der Waals surface area contributed by atoms with Crippen molar-refractivity contribution in [3.05, 3.63) is 62.7 Å². The minimum absolute atomic E-state index is 0.500. The molecule has 2 aromatic rings. The van der Waals surface area contributed by atoms with Crippen LogP contribution in [-0.4, -0.2) is 0 Å². The van der Waals surface area contributed by atoms with Gasteiger partial charge in [-0.2, -0.15) is 0 Å². The maximum atomic E-state index is 6.03. The summed E-state index contributed by atoms with van der Waals surface area (Å²) in [4.78, 5) is 0. The summed E-state index contributed by atoms with van der Waals surface area (Å²) in [6.07, 6.45) is 0. The normalized spacial score (nSPS) is 10.1. The van der Waals surface area contributed by atoms with Crippen LogP contribution in [0.5, 0.6) is 5.75 Å². The molecule has 0 atom stereocenters. The van der Waals surface area contributed by atoms with E-state index < -0.39 is 0 Å². The third kappa shape index (κ3) is 3.12. The van der Waals surface area contributed by atoms with E-state index in [2.05, 4.69) is 22.6 Å². The van der Waals surface area contributed by atoms with E-state index >= 15 is 0 Å². The Morgan fingerprint density at radius 1 is 1.00 bits per heavy atom. The summed E-state index contributed by atoms with van der Waals surface area (Å²) in [5.41, 5.74) is 1.00. The molecule has 0 N–H and O–H groups in total. The van der Waals surface area contributed by atoms with Crippen molar-refractivity contribution < 1.29 is 4.74 Å². The predicted octanol–water partition coefficient (Wildman–Crippen LogP) is 4.52.